The molecule has 0 radical (unpaired) electrons. The molecule has 6 rings (SSSR count). The Morgan fingerprint density at radius 2 is 1.79 bits per heavy atom. The van der Waals surface area contributed by atoms with Gasteiger partial charge < -0.3 is 20.0 Å². The van der Waals surface area contributed by atoms with E-state index in [0.717, 1.165) is 57.8 Å². The average molecular weight is 470 g/mol. The fourth-order valence-corrected chi connectivity index (χ4v) is 5.64. The third-order valence-corrected chi connectivity index (χ3v) is 7.27. The van der Waals surface area contributed by atoms with E-state index in [1.54, 1.807) is 12.4 Å². The van der Waals surface area contributed by atoms with Crippen LogP contribution in [-0.2, 0) is 0 Å². The highest BCUT2D eigenvalue weighted by Gasteiger charge is 2.51. The lowest BCUT2D eigenvalue weighted by atomic mass is 9.73. The van der Waals surface area contributed by atoms with Crippen molar-refractivity contribution >= 4 is 28.4 Å². The molecule has 6 heterocycles. The quantitative estimate of drug-likeness (QED) is 0.611. The van der Waals surface area contributed by atoms with E-state index < -0.39 is 6.43 Å². The van der Waals surface area contributed by atoms with Gasteiger partial charge in [-0.05, 0) is 46.1 Å². The van der Waals surface area contributed by atoms with Gasteiger partial charge in [-0.2, -0.15) is 5.10 Å². The van der Waals surface area contributed by atoms with Gasteiger partial charge in [0.25, 0.3) is 6.43 Å². The van der Waals surface area contributed by atoms with Crippen LogP contribution in [-0.4, -0.2) is 87.9 Å². The topological polar surface area (TPSA) is 78.2 Å². The lowest BCUT2D eigenvalue weighted by Gasteiger charge is -2.59. The number of halogens is 2. The van der Waals surface area contributed by atoms with Crippen molar-refractivity contribution in [2.45, 2.75) is 25.3 Å². The van der Waals surface area contributed by atoms with Crippen LogP contribution in [0.15, 0.2) is 24.7 Å². The van der Waals surface area contributed by atoms with Crippen molar-refractivity contribution in [3.8, 4) is 0 Å². The first kappa shape index (κ1) is 21.6. The van der Waals surface area contributed by atoms with E-state index in [2.05, 4.69) is 54.2 Å². The van der Waals surface area contributed by atoms with E-state index >= 15 is 0 Å². The number of aromatic nitrogens is 5. The molecule has 9 nitrogen and oxygen atoms in total. The van der Waals surface area contributed by atoms with Gasteiger partial charge >= 0.3 is 0 Å². The van der Waals surface area contributed by atoms with E-state index in [-0.39, 0.29) is 11.1 Å². The number of pyridine rings is 1. The van der Waals surface area contributed by atoms with E-state index in [9.17, 15) is 8.78 Å². The molecule has 1 N–H and O–H groups in total. The number of hydrogen-bond acceptors (Lipinski definition) is 8. The fraction of sp³-hybridized carbons (Fsp3) is 0.565. The summed E-state index contributed by atoms with van der Waals surface area (Å²) < 4.78 is 29.1. The molecule has 34 heavy (non-hydrogen) atoms. The summed E-state index contributed by atoms with van der Waals surface area (Å²) in [5, 5.41) is 8.33. The number of alkyl halides is 2. The van der Waals surface area contributed by atoms with Crippen molar-refractivity contribution < 1.29 is 8.78 Å². The fourth-order valence-electron chi connectivity index (χ4n) is 5.64. The minimum absolute atomic E-state index is 0.238. The highest BCUT2D eigenvalue weighted by atomic mass is 19.3. The van der Waals surface area contributed by atoms with Crippen molar-refractivity contribution in [1.82, 2.24) is 34.5 Å². The Balaban J connectivity index is 1.25. The van der Waals surface area contributed by atoms with Gasteiger partial charge in [-0.25, -0.2) is 23.7 Å². The third kappa shape index (κ3) is 3.86. The van der Waals surface area contributed by atoms with E-state index in [4.69, 9.17) is 0 Å². The molecule has 1 spiro atoms. The minimum Gasteiger partial charge on any atom is -0.353 e. The maximum Gasteiger partial charge on any atom is 0.280 e. The zero-order chi connectivity index (χ0) is 23.4. The summed E-state index contributed by atoms with van der Waals surface area (Å²) in [6.07, 6.45) is 4.84. The van der Waals surface area contributed by atoms with Crippen molar-refractivity contribution in [2.24, 2.45) is 5.41 Å². The Labute approximate surface area is 196 Å². The monoisotopic (exact) mass is 469 g/mol. The van der Waals surface area contributed by atoms with Crippen LogP contribution in [0.1, 0.15) is 31.0 Å². The van der Waals surface area contributed by atoms with E-state index in [1.807, 2.05) is 10.9 Å². The maximum atomic E-state index is 13.5. The van der Waals surface area contributed by atoms with Gasteiger partial charge in [-0.3, -0.25) is 4.68 Å². The van der Waals surface area contributed by atoms with Crippen LogP contribution in [0, 0.1) is 5.41 Å². The van der Waals surface area contributed by atoms with Gasteiger partial charge in [-0.15, -0.1) is 0 Å². The predicted molar refractivity (Wildman–Crippen MR) is 126 cm³/mol. The Kier molecular flexibility index (Phi) is 5.14. The lowest BCUT2D eigenvalue weighted by molar-refractivity contribution is -0.00272. The zero-order valence-electron chi connectivity index (χ0n) is 19.5. The Morgan fingerprint density at radius 1 is 1.03 bits per heavy atom. The van der Waals surface area contributed by atoms with Gasteiger partial charge in [-0.1, -0.05) is 0 Å². The zero-order valence-corrected chi connectivity index (χ0v) is 19.5. The molecule has 0 unspecified atom stereocenters. The molecule has 11 heteroatoms. The molecule has 3 aromatic heterocycles. The van der Waals surface area contributed by atoms with Crippen LogP contribution < -0.4 is 10.2 Å². The first-order valence-electron chi connectivity index (χ1n) is 11.8. The second-order valence-corrected chi connectivity index (χ2v) is 10.2. The standard InChI is InChI=1S/C23H29F2N9/c1-31-5-3-17(4-6-31)34-10-16(9-27-34)28-22-26-8-15-7-18(20(24)25)29-21(19(15)30-22)33-13-23(14-33)11-32(2)12-23/h7-10,17,20H,3-6,11-14H2,1-2H3,(H,26,28,30). The summed E-state index contributed by atoms with van der Waals surface area (Å²) in [4.78, 5) is 20.0. The molecular weight excluding hydrogens is 440 g/mol. The number of rotatable bonds is 5. The molecule has 0 bridgehead atoms. The third-order valence-electron chi connectivity index (χ3n) is 7.27. The summed E-state index contributed by atoms with van der Waals surface area (Å²) in [7, 11) is 4.24. The average Bonchev–Trinajstić information content (AvgIpc) is 3.23. The first-order chi connectivity index (χ1) is 16.4. The van der Waals surface area contributed by atoms with Gasteiger partial charge in [0.1, 0.15) is 11.2 Å². The number of likely N-dealkylation sites (tertiary alicyclic amines) is 2. The molecule has 3 aromatic rings. The molecule has 3 fully saturated rings. The second kappa shape index (κ2) is 8.09. The number of nitrogens with zero attached hydrogens (tertiary/aromatic N) is 8. The summed E-state index contributed by atoms with van der Waals surface area (Å²) in [6.45, 7) is 5.79. The smallest absolute Gasteiger partial charge is 0.280 e. The van der Waals surface area contributed by atoms with Crippen LogP contribution in [0.25, 0.3) is 10.9 Å². The van der Waals surface area contributed by atoms with Crippen molar-refractivity contribution in [3.05, 3.63) is 30.4 Å². The lowest BCUT2D eigenvalue weighted by Crippen LogP contribution is -2.71. The van der Waals surface area contributed by atoms with E-state index in [1.165, 1.54) is 6.07 Å². The second-order valence-electron chi connectivity index (χ2n) is 10.2. The Bertz CT molecular complexity index is 1190. The molecule has 180 valence electrons. The Hall–Kier alpha value is -2.92. The maximum absolute atomic E-state index is 13.5. The van der Waals surface area contributed by atoms with Gasteiger partial charge in [0.05, 0.1) is 17.9 Å². The Morgan fingerprint density at radius 3 is 2.50 bits per heavy atom. The molecule has 0 aliphatic carbocycles. The van der Waals surface area contributed by atoms with Crippen LogP contribution in [0.5, 0.6) is 0 Å². The highest BCUT2D eigenvalue weighted by Crippen LogP contribution is 2.42. The van der Waals surface area contributed by atoms with Crippen LogP contribution >= 0.6 is 0 Å². The van der Waals surface area contributed by atoms with Crippen molar-refractivity contribution in [2.75, 3.05) is 63.6 Å². The van der Waals surface area contributed by atoms with E-state index in [0.29, 0.717) is 28.7 Å². The molecule has 3 aliphatic heterocycles. The predicted octanol–water partition coefficient (Wildman–Crippen LogP) is 2.92. The summed E-state index contributed by atoms with van der Waals surface area (Å²) in [6, 6.07) is 1.77. The van der Waals surface area contributed by atoms with Crippen LogP contribution in [0.3, 0.4) is 0 Å². The molecule has 3 aliphatic rings. The van der Waals surface area contributed by atoms with Crippen molar-refractivity contribution in [3.63, 3.8) is 0 Å². The first-order valence-corrected chi connectivity index (χ1v) is 11.8. The van der Waals surface area contributed by atoms with Gasteiger partial charge in [0.15, 0.2) is 5.82 Å². The number of piperidine rings is 1. The number of nitrogens with one attached hydrogen (secondary N) is 1. The molecule has 0 saturated carbocycles. The molecule has 0 atom stereocenters. The molecule has 0 aromatic carbocycles. The van der Waals surface area contributed by atoms with Gasteiger partial charge in [0, 0.05) is 49.4 Å². The summed E-state index contributed by atoms with van der Waals surface area (Å²) >= 11 is 0. The summed E-state index contributed by atoms with van der Waals surface area (Å²) in [5.74, 6) is 0.919. The molecule has 0 amide bonds. The van der Waals surface area contributed by atoms with Crippen LogP contribution in [0.4, 0.5) is 26.2 Å². The van der Waals surface area contributed by atoms with Crippen molar-refractivity contribution in [1.29, 1.82) is 0 Å². The highest BCUT2D eigenvalue weighted by molar-refractivity contribution is 5.90. The van der Waals surface area contributed by atoms with Crippen LogP contribution in [0.2, 0.25) is 0 Å². The minimum atomic E-state index is -2.64. The number of fused-ring (bicyclic) bond motifs is 1. The molecule has 3 saturated heterocycles. The van der Waals surface area contributed by atoms with Gasteiger partial charge in [0.2, 0.25) is 5.95 Å². The number of hydrogen-bond donors (Lipinski definition) is 1. The molecular formula is C23H29F2N9. The number of anilines is 3. The largest absolute Gasteiger partial charge is 0.353 e. The SMILES string of the molecule is CN1CCC(n2cc(Nc3ncc4cc(C(F)F)nc(N5CC6(CN(C)C6)C5)c4n3)cn2)CC1. The normalized spacial score (nSPS) is 21.3. The summed E-state index contributed by atoms with van der Waals surface area (Å²) in [5.41, 5.74) is 1.41.